The molecule has 1 aromatic carbocycles. The van der Waals surface area contributed by atoms with Crippen LogP contribution in [-0.2, 0) is 0 Å². The summed E-state index contributed by atoms with van der Waals surface area (Å²) in [4.78, 5) is 4.33. The third-order valence-electron chi connectivity index (χ3n) is 2.42. The largest absolute Gasteiger partial charge is 0.481 e. The molecule has 0 atom stereocenters. The van der Waals surface area contributed by atoms with Crippen LogP contribution in [0.15, 0.2) is 36.4 Å². The molecule has 84 valence electrons. The summed E-state index contributed by atoms with van der Waals surface area (Å²) in [6.45, 7) is 0. The minimum absolute atomic E-state index is 0.429. The Morgan fingerprint density at radius 3 is 3.00 bits per heavy atom. The second-order valence-corrected chi connectivity index (χ2v) is 3.57. The Morgan fingerprint density at radius 2 is 2.24 bits per heavy atom. The maximum Gasteiger partial charge on any atom is 0.213 e. The molecule has 0 saturated heterocycles. The second kappa shape index (κ2) is 5.13. The zero-order chi connectivity index (χ0) is 12.1. The molecule has 0 bridgehead atoms. The molecule has 0 radical (unpaired) electrons. The fourth-order valence-corrected chi connectivity index (χ4v) is 1.59. The van der Waals surface area contributed by atoms with E-state index in [1.165, 1.54) is 0 Å². The van der Waals surface area contributed by atoms with Crippen LogP contribution in [0.2, 0.25) is 0 Å². The van der Waals surface area contributed by atoms with Crippen LogP contribution in [0.4, 0.5) is 0 Å². The first-order valence-corrected chi connectivity index (χ1v) is 5.32. The molecule has 0 unspecified atom stereocenters. The summed E-state index contributed by atoms with van der Waals surface area (Å²) >= 11 is 0. The number of hydrogen-bond donors (Lipinski definition) is 0. The van der Waals surface area contributed by atoms with E-state index in [1.807, 2.05) is 42.5 Å². The van der Waals surface area contributed by atoms with Crippen LogP contribution in [-0.4, -0.2) is 12.1 Å². The number of benzene rings is 1. The van der Waals surface area contributed by atoms with Gasteiger partial charge in [0.1, 0.15) is 0 Å². The Bertz CT molecular complexity index is 597. The number of allylic oxidation sites excluding steroid dienone is 1. The maximum atomic E-state index is 8.45. The third-order valence-corrected chi connectivity index (χ3v) is 2.42. The number of pyridine rings is 1. The predicted octanol–water partition coefficient (Wildman–Crippen LogP) is 3.17. The molecule has 0 aliphatic rings. The van der Waals surface area contributed by atoms with E-state index in [4.69, 9.17) is 10.00 Å². The van der Waals surface area contributed by atoms with E-state index >= 15 is 0 Å². The van der Waals surface area contributed by atoms with Crippen LogP contribution in [0, 0.1) is 11.3 Å². The summed E-state index contributed by atoms with van der Waals surface area (Å²) in [7, 11) is 1.60. The quantitative estimate of drug-likeness (QED) is 0.804. The summed E-state index contributed by atoms with van der Waals surface area (Å²) in [5, 5.41) is 9.51. The van der Waals surface area contributed by atoms with Gasteiger partial charge in [-0.2, -0.15) is 5.26 Å². The van der Waals surface area contributed by atoms with Crippen molar-refractivity contribution in [3.05, 3.63) is 42.0 Å². The second-order valence-electron chi connectivity index (χ2n) is 3.57. The first-order valence-electron chi connectivity index (χ1n) is 5.32. The van der Waals surface area contributed by atoms with Crippen molar-refractivity contribution in [1.29, 1.82) is 5.26 Å². The molecular weight excluding hydrogens is 212 g/mol. The smallest absolute Gasteiger partial charge is 0.213 e. The van der Waals surface area contributed by atoms with E-state index in [2.05, 4.69) is 11.1 Å². The van der Waals surface area contributed by atoms with Gasteiger partial charge in [-0.3, -0.25) is 0 Å². The Labute approximate surface area is 100.0 Å². The van der Waals surface area contributed by atoms with Gasteiger partial charge in [0.25, 0.3) is 0 Å². The molecule has 3 heteroatoms. The summed E-state index contributed by atoms with van der Waals surface area (Å²) < 4.78 is 5.07. The van der Waals surface area contributed by atoms with Crippen LogP contribution < -0.4 is 4.74 Å². The minimum Gasteiger partial charge on any atom is -0.481 e. The van der Waals surface area contributed by atoms with Crippen molar-refractivity contribution in [2.45, 2.75) is 6.42 Å². The zero-order valence-corrected chi connectivity index (χ0v) is 9.55. The third kappa shape index (κ3) is 2.61. The van der Waals surface area contributed by atoms with Gasteiger partial charge in [-0.25, -0.2) is 4.98 Å². The van der Waals surface area contributed by atoms with Crippen LogP contribution in [0.1, 0.15) is 12.0 Å². The molecule has 0 fully saturated rings. The first kappa shape index (κ1) is 11.2. The number of rotatable bonds is 3. The lowest BCUT2D eigenvalue weighted by Gasteiger charge is -2.02. The Kier molecular flexibility index (Phi) is 3.37. The normalized spacial score (nSPS) is 10.6. The Balaban J connectivity index is 2.35. The molecular formula is C14H12N2O. The molecule has 0 N–H and O–H groups in total. The lowest BCUT2D eigenvalue weighted by Crippen LogP contribution is -1.87. The molecule has 2 aromatic rings. The zero-order valence-electron chi connectivity index (χ0n) is 9.55. The van der Waals surface area contributed by atoms with Gasteiger partial charge >= 0.3 is 0 Å². The van der Waals surface area contributed by atoms with E-state index in [1.54, 1.807) is 7.11 Å². The van der Waals surface area contributed by atoms with E-state index < -0.39 is 0 Å². The SMILES string of the molecule is COc1ccc2cc(C=CCC#N)ccc2n1. The highest BCUT2D eigenvalue weighted by Gasteiger charge is 1.98. The average Bonchev–Trinajstić information content (AvgIpc) is 2.38. The summed E-state index contributed by atoms with van der Waals surface area (Å²) in [6.07, 6.45) is 4.21. The highest BCUT2D eigenvalue weighted by molar-refractivity contribution is 5.81. The minimum atomic E-state index is 0.429. The lowest BCUT2D eigenvalue weighted by molar-refractivity contribution is 0.399. The van der Waals surface area contributed by atoms with E-state index in [9.17, 15) is 0 Å². The number of hydrogen-bond acceptors (Lipinski definition) is 3. The molecule has 1 aromatic heterocycles. The van der Waals surface area contributed by atoms with Crippen molar-refractivity contribution in [2.24, 2.45) is 0 Å². The van der Waals surface area contributed by atoms with Crippen LogP contribution in [0.5, 0.6) is 5.88 Å². The summed E-state index contributed by atoms with van der Waals surface area (Å²) in [5.74, 6) is 0.616. The van der Waals surface area contributed by atoms with Gasteiger partial charge in [0.05, 0.1) is 25.1 Å². The van der Waals surface area contributed by atoms with Crippen LogP contribution in [0.3, 0.4) is 0 Å². The van der Waals surface area contributed by atoms with E-state index in [-0.39, 0.29) is 0 Å². The highest BCUT2D eigenvalue weighted by Crippen LogP contribution is 2.18. The molecule has 1 heterocycles. The fraction of sp³-hybridized carbons (Fsp3) is 0.143. The monoisotopic (exact) mass is 224 g/mol. The molecule has 0 amide bonds. The maximum absolute atomic E-state index is 8.45. The van der Waals surface area contributed by atoms with E-state index in [0.717, 1.165) is 16.5 Å². The van der Waals surface area contributed by atoms with Crippen molar-refractivity contribution < 1.29 is 4.74 Å². The van der Waals surface area contributed by atoms with Gasteiger partial charge in [0.2, 0.25) is 5.88 Å². The topological polar surface area (TPSA) is 45.9 Å². The molecule has 3 nitrogen and oxygen atoms in total. The molecule has 17 heavy (non-hydrogen) atoms. The molecule has 0 spiro atoms. The summed E-state index contributed by atoms with van der Waals surface area (Å²) in [5.41, 5.74) is 1.97. The van der Waals surface area contributed by atoms with Gasteiger partial charge in [0.15, 0.2) is 0 Å². The number of nitriles is 1. The molecule has 2 rings (SSSR count). The average molecular weight is 224 g/mol. The van der Waals surface area contributed by atoms with Gasteiger partial charge in [0, 0.05) is 11.5 Å². The molecule has 0 aliphatic carbocycles. The standard InChI is InChI=1S/C14H12N2O/c1-17-14-8-6-12-10-11(4-2-3-9-15)5-7-13(12)16-14/h2,4-8,10H,3H2,1H3. The van der Waals surface area contributed by atoms with Gasteiger partial charge in [-0.1, -0.05) is 18.2 Å². The van der Waals surface area contributed by atoms with Crippen LogP contribution in [0.25, 0.3) is 17.0 Å². The summed E-state index contributed by atoms with van der Waals surface area (Å²) in [6, 6.07) is 11.8. The first-order chi connectivity index (χ1) is 8.33. The highest BCUT2D eigenvalue weighted by atomic mass is 16.5. The number of nitrogens with zero attached hydrogens (tertiary/aromatic N) is 2. The number of methoxy groups -OCH3 is 1. The van der Waals surface area contributed by atoms with Crippen molar-refractivity contribution in [2.75, 3.05) is 7.11 Å². The molecule has 0 saturated carbocycles. The van der Waals surface area contributed by atoms with Crippen LogP contribution >= 0.6 is 0 Å². The van der Waals surface area contributed by atoms with Crippen molar-refractivity contribution in [3.63, 3.8) is 0 Å². The van der Waals surface area contributed by atoms with Gasteiger partial charge in [-0.15, -0.1) is 0 Å². The van der Waals surface area contributed by atoms with Gasteiger partial charge < -0.3 is 4.74 Å². The van der Waals surface area contributed by atoms with Crippen molar-refractivity contribution in [3.8, 4) is 11.9 Å². The molecule has 0 aliphatic heterocycles. The Hall–Kier alpha value is -2.34. The lowest BCUT2D eigenvalue weighted by atomic mass is 10.1. The van der Waals surface area contributed by atoms with Crippen molar-refractivity contribution >= 4 is 17.0 Å². The number of fused-ring (bicyclic) bond motifs is 1. The number of aromatic nitrogens is 1. The Morgan fingerprint density at radius 1 is 1.35 bits per heavy atom. The fourth-order valence-electron chi connectivity index (χ4n) is 1.59. The van der Waals surface area contributed by atoms with Crippen molar-refractivity contribution in [1.82, 2.24) is 4.98 Å². The predicted molar refractivity (Wildman–Crippen MR) is 67.6 cm³/mol. The number of ether oxygens (including phenoxy) is 1. The van der Waals surface area contributed by atoms with Gasteiger partial charge in [-0.05, 0) is 23.8 Å². The van der Waals surface area contributed by atoms with E-state index in [0.29, 0.717) is 12.3 Å².